The van der Waals surface area contributed by atoms with Crippen molar-refractivity contribution in [3.05, 3.63) is 64.2 Å². The smallest absolute Gasteiger partial charge is 0.341 e. The molecule has 6 bridgehead atoms. The number of carboxylic acid groups (broad SMARTS) is 3. The first-order valence-corrected chi connectivity index (χ1v) is 16.6. The van der Waals surface area contributed by atoms with Gasteiger partial charge in [0, 0.05) is 93.9 Å². The minimum Gasteiger partial charge on any atom is -0.481 e. The van der Waals surface area contributed by atoms with Crippen LogP contribution in [0.25, 0.3) is 22.3 Å². The van der Waals surface area contributed by atoms with Gasteiger partial charge in [0.2, 0.25) is 0 Å². The van der Waals surface area contributed by atoms with Gasteiger partial charge in [-0.25, -0.2) is 14.4 Å². The molecule has 0 amide bonds. The van der Waals surface area contributed by atoms with E-state index in [1.165, 1.54) is 0 Å². The average Bonchev–Trinajstić information content (AvgIpc) is 3.58. The Bertz CT molecular complexity index is 1640. The molecule has 2 heterocycles. The first kappa shape index (κ1) is 41.4. The van der Waals surface area contributed by atoms with Gasteiger partial charge in [-0.15, -0.1) is 0 Å². The molecule has 3 aromatic carbocycles. The fraction of sp³-hybridized carbons (Fsp3) is 0.432. The molecule has 2 aliphatic rings. The molecule has 14 nitrogen and oxygen atoms in total. The van der Waals surface area contributed by atoms with Gasteiger partial charge in [-0.1, -0.05) is 12.1 Å². The first-order valence-electron chi connectivity index (χ1n) is 16.6. The SMILES string of the molecule is Cc1cc2c(OCC(=O)O)c(c1)-c1cc(C)cc(c1OCC(=O)O)-c1cc(C)cc(c1OCC(=O)O)COCCN(CC1OCCO1)CCOC2.[Nd]. The number of carbonyl (C=O) groups is 3. The molecule has 0 aliphatic carbocycles. The summed E-state index contributed by atoms with van der Waals surface area (Å²) < 4.78 is 41.6. The Kier molecular flexibility index (Phi) is 15.6. The van der Waals surface area contributed by atoms with Gasteiger partial charge in [-0.2, -0.15) is 0 Å². The number of carboxylic acids is 3. The quantitative estimate of drug-likeness (QED) is 0.252. The molecular weight excluding hydrogens is 811 g/mol. The molecule has 0 aromatic heterocycles. The van der Waals surface area contributed by atoms with Crippen LogP contribution in [0, 0.1) is 61.6 Å². The average molecular weight is 854 g/mol. The van der Waals surface area contributed by atoms with Crippen molar-refractivity contribution in [1.29, 1.82) is 0 Å². The third-order valence-corrected chi connectivity index (χ3v) is 8.17. The van der Waals surface area contributed by atoms with Crippen LogP contribution in [-0.4, -0.2) is 110 Å². The Morgan fingerprint density at radius 1 is 0.615 bits per heavy atom. The second kappa shape index (κ2) is 19.6. The zero-order chi connectivity index (χ0) is 36.5. The second-order valence-electron chi connectivity index (χ2n) is 12.4. The molecule has 0 radical (unpaired) electrons. The Balaban J connectivity index is 0.00000605. The van der Waals surface area contributed by atoms with E-state index in [9.17, 15) is 29.7 Å². The van der Waals surface area contributed by atoms with Gasteiger partial charge >= 0.3 is 17.9 Å². The number of hydrogen-bond acceptors (Lipinski definition) is 11. The summed E-state index contributed by atoms with van der Waals surface area (Å²) in [6, 6.07) is 10.9. The van der Waals surface area contributed by atoms with Crippen molar-refractivity contribution in [2.24, 2.45) is 0 Å². The van der Waals surface area contributed by atoms with Crippen molar-refractivity contribution in [1.82, 2.24) is 4.90 Å². The summed E-state index contributed by atoms with van der Waals surface area (Å²) in [5.74, 6) is -2.94. The summed E-state index contributed by atoms with van der Waals surface area (Å²) in [4.78, 5) is 37.5. The second-order valence-corrected chi connectivity index (χ2v) is 12.4. The van der Waals surface area contributed by atoms with Crippen LogP contribution in [-0.2, 0) is 46.5 Å². The van der Waals surface area contributed by atoms with Crippen LogP contribution >= 0.6 is 0 Å². The van der Waals surface area contributed by atoms with E-state index in [-0.39, 0.29) is 77.6 Å². The molecule has 3 aromatic rings. The molecule has 15 heteroatoms. The first-order chi connectivity index (χ1) is 24.5. The largest absolute Gasteiger partial charge is 0.481 e. The molecule has 5 rings (SSSR count). The fourth-order valence-corrected chi connectivity index (χ4v) is 6.15. The molecule has 0 unspecified atom stereocenters. The van der Waals surface area contributed by atoms with E-state index >= 15 is 0 Å². The van der Waals surface area contributed by atoms with Gasteiger partial charge < -0.3 is 48.5 Å². The molecule has 0 spiro atoms. The summed E-state index contributed by atoms with van der Waals surface area (Å²) in [7, 11) is 0. The number of nitrogens with zero attached hydrogens (tertiary/aromatic N) is 1. The van der Waals surface area contributed by atoms with Crippen LogP contribution in [0.5, 0.6) is 17.2 Å². The molecule has 1 saturated heterocycles. The standard InChI is InChI=1S/C37H43NO13.Nd/c1-22-10-25-17-45-6-4-38(16-34-47-8-9-48-34)5-7-46-18-26-11-23(2)13-28(36(26)50-20-32(41)42)30-15-24(3)14-29(37(30)51-21-33(43)44)27(12-22)35(25)49-19-31(39)40;/h10-15,34H,4-9,16-21H2,1-3H3,(H,39,40)(H,41,42)(H,43,44);. The van der Waals surface area contributed by atoms with Crippen LogP contribution in [0.3, 0.4) is 0 Å². The minimum atomic E-state index is -1.22. The van der Waals surface area contributed by atoms with E-state index in [0.717, 1.165) is 16.7 Å². The predicted molar refractivity (Wildman–Crippen MR) is 182 cm³/mol. The third-order valence-electron chi connectivity index (χ3n) is 8.17. The van der Waals surface area contributed by atoms with Crippen LogP contribution in [0.1, 0.15) is 27.8 Å². The molecule has 3 N–H and O–H groups in total. The van der Waals surface area contributed by atoms with Crippen LogP contribution in [0.2, 0.25) is 0 Å². The van der Waals surface area contributed by atoms with Gasteiger partial charge in [0.1, 0.15) is 17.2 Å². The number of aliphatic carboxylic acids is 3. The Hall–Kier alpha value is -3.38. The maximum atomic E-state index is 11.9. The van der Waals surface area contributed by atoms with Gasteiger partial charge in [0.05, 0.1) is 39.6 Å². The fourth-order valence-electron chi connectivity index (χ4n) is 6.15. The van der Waals surface area contributed by atoms with Gasteiger partial charge in [0.15, 0.2) is 26.1 Å². The summed E-state index contributed by atoms with van der Waals surface area (Å²) in [5.41, 5.74) is 5.33. The molecular formula is C37H43NNdO13. The van der Waals surface area contributed by atoms with Crippen LogP contribution < -0.4 is 14.2 Å². The van der Waals surface area contributed by atoms with E-state index in [0.29, 0.717) is 79.4 Å². The van der Waals surface area contributed by atoms with Crippen LogP contribution in [0.15, 0.2) is 36.4 Å². The van der Waals surface area contributed by atoms with Crippen molar-refractivity contribution in [3.8, 4) is 39.5 Å². The number of hydrogen-bond donors (Lipinski definition) is 3. The Labute approximate surface area is 334 Å². The summed E-state index contributed by atoms with van der Waals surface area (Å²) >= 11 is 0. The summed E-state index contributed by atoms with van der Waals surface area (Å²) in [6.45, 7) is 6.94. The number of benzene rings is 3. The Morgan fingerprint density at radius 3 is 1.38 bits per heavy atom. The van der Waals surface area contributed by atoms with Crippen molar-refractivity contribution in [2.45, 2.75) is 40.3 Å². The van der Waals surface area contributed by atoms with Gasteiger partial charge in [-0.05, 0) is 61.7 Å². The number of aryl methyl sites for hydroxylation is 3. The van der Waals surface area contributed by atoms with Gasteiger partial charge in [0.25, 0.3) is 0 Å². The number of fused-ring (bicyclic) bond motifs is 8. The molecule has 1 fully saturated rings. The van der Waals surface area contributed by atoms with E-state index in [1.54, 1.807) is 12.1 Å². The zero-order valence-corrected chi connectivity index (χ0v) is 32.6. The summed E-state index contributed by atoms with van der Waals surface area (Å²) in [6.07, 6.45) is -0.386. The molecule has 2 aliphatic heterocycles. The van der Waals surface area contributed by atoms with Crippen molar-refractivity contribution in [3.63, 3.8) is 0 Å². The van der Waals surface area contributed by atoms with E-state index in [4.69, 9.17) is 33.2 Å². The number of ether oxygens (including phenoxy) is 7. The normalized spacial score (nSPS) is 15.5. The topological polar surface area (TPSA) is 180 Å². The maximum absolute atomic E-state index is 11.9. The van der Waals surface area contributed by atoms with E-state index in [2.05, 4.69) is 4.90 Å². The van der Waals surface area contributed by atoms with Crippen LogP contribution in [0.4, 0.5) is 0 Å². The van der Waals surface area contributed by atoms with Crippen molar-refractivity contribution in [2.75, 3.05) is 65.9 Å². The summed E-state index contributed by atoms with van der Waals surface area (Å²) in [5, 5.41) is 28.9. The monoisotopic (exact) mass is 851 g/mol. The molecule has 0 atom stereocenters. The third kappa shape index (κ3) is 11.3. The number of rotatable bonds is 11. The van der Waals surface area contributed by atoms with Crippen molar-refractivity contribution >= 4 is 17.9 Å². The predicted octanol–water partition coefficient (Wildman–Crippen LogP) is 4.06. The zero-order valence-electron chi connectivity index (χ0n) is 29.4. The minimum absolute atomic E-state index is 0. The van der Waals surface area contributed by atoms with E-state index < -0.39 is 37.7 Å². The maximum Gasteiger partial charge on any atom is 0.341 e. The van der Waals surface area contributed by atoms with Gasteiger partial charge in [-0.3, -0.25) is 4.90 Å². The van der Waals surface area contributed by atoms with E-state index in [1.807, 2.05) is 45.0 Å². The van der Waals surface area contributed by atoms with Crippen molar-refractivity contribution < 1.29 is 104 Å². The Morgan fingerprint density at radius 2 is 0.981 bits per heavy atom. The molecule has 52 heavy (non-hydrogen) atoms. The molecule has 278 valence electrons. The molecule has 0 saturated carbocycles.